The molecule has 2 amide bonds. The normalized spacial score (nSPS) is 15.0. The average molecular weight is 456 g/mol. The molecule has 0 aliphatic carbocycles. The molecule has 12 heteroatoms. The molecule has 0 atom stereocenters. The molecule has 1 saturated heterocycles. The van der Waals surface area contributed by atoms with E-state index in [9.17, 15) is 29.8 Å². The van der Waals surface area contributed by atoms with Crippen LogP contribution in [0.15, 0.2) is 65.6 Å². The Morgan fingerprint density at radius 3 is 2.10 bits per heavy atom. The van der Waals surface area contributed by atoms with Crippen molar-refractivity contribution in [2.75, 3.05) is 0 Å². The molecule has 1 N–H and O–H groups in total. The number of non-ortho nitro benzene ring substituents is 2. The van der Waals surface area contributed by atoms with Gasteiger partial charge < -0.3 is 0 Å². The number of nitro groups is 2. The number of rotatable bonds is 6. The summed E-state index contributed by atoms with van der Waals surface area (Å²) in [6.45, 7) is 0. The molecular formula is C19H12N4O6S2. The molecule has 0 bridgehead atoms. The molecule has 3 rings (SSSR count). The van der Waals surface area contributed by atoms with Crippen molar-refractivity contribution in [3.8, 4) is 0 Å². The molecule has 0 aromatic heterocycles. The number of hydrogen-bond donors (Lipinski definition) is 1. The van der Waals surface area contributed by atoms with Crippen molar-refractivity contribution in [2.24, 2.45) is 0 Å². The number of nitrogens with one attached hydrogen (secondary N) is 1. The van der Waals surface area contributed by atoms with Crippen LogP contribution in [0.3, 0.4) is 0 Å². The summed E-state index contributed by atoms with van der Waals surface area (Å²) >= 11 is 6.13. The van der Waals surface area contributed by atoms with Gasteiger partial charge in [-0.15, -0.1) is 0 Å². The van der Waals surface area contributed by atoms with Crippen LogP contribution < -0.4 is 5.43 Å². The summed E-state index contributed by atoms with van der Waals surface area (Å²) < 4.78 is 0.121. The summed E-state index contributed by atoms with van der Waals surface area (Å²) in [5.41, 5.74) is 3.02. The minimum Gasteiger partial charge on any atom is -0.267 e. The molecule has 0 saturated carbocycles. The molecule has 156 valence electrons. The Labute approximate surface area is 184 Å². The highest BCUT2D eigenvalue weighted by Crippen LogP contribution is 2.30. The Morgan fingerprint density at radius 2 is 1.55 bits per heavy atom. The first-order valence-corrected chi connectivity index (χ1v) is 9.73. The molecule has 0 radical (unpaired) electrons. The molecule has 0 spiro atoms. The minimum atomic E-state index is -0.645. The predicted molar refractivity (Wildman–Crippen MR) is 118 cm³/mol. The molecule has 0 unspecified atom stereocenters. The largest absolute Gasteiger partial charge is 0.285 e. The quantitative estimate of drug-likeness (QED) is 0.301. The minimum absolute atomic E-state index is 0.0261. The lowest BCUT2D eigenvalue weighted by Crippen LogP contribution is -2.44. The molecule has 2 aromatic rings. The molecule has 1 aliphatic heterocycles. The van der Waals surface area contributed by atoms with Crippen molar-refractivity contribution in [3.05, 3.63) is 96.9 Å². The summed E-state index contributed by atoms with van der Waals surface area (Å²) in [5.74, 6) is -1.17. The van der Waals surface area contributed by atoms with Gasteiger partial charge in [-0.05, 0) is 48.1 Å². The Morgan fingerprint density at radius 1 is 1.00 bits per heavy atom. The van der Waals surface area contributed by atoms with Gasteiger partial charge in [0.1, 0.15) is 0 Å². The summed E-state index contributed by atoms with van der Waals surface area (Å²) in [7, 11) is 0. The molecule has 1 aliphatic rings. The lowest BCUT2D eigenvalue weighted by atomic mass is 10.2. The Kier molecular flexibility index (Phi) is 6.52. The van der Waals surface area contributed by atoms with Crippen molar-refractivity contribution < 1.29 is 19.4 Å². The van der Waals surface area contributed by atoms with Crippen molar-refractivity contribution >= 4 is 57.6 Å². The van der Waals surface area contributed by atoms with E-state index in [4.69, 9.17) is 12.2 Å². The van der Waals surface area contributed by atoms with E-state index in [1.165, 1.54) is 42.5 Å². The second-order valence-electron chi connectivity index (χ2n) is 5.99. The smallest absolute Gasteiger partial charge is 0.267 e. The number of benzene rings is 2. The van der Waals surface area contributed by atoms with E-state index in [0.717, 1.165) is 16.8 Å². The highest BCUT2D eigenvalue weighted by atomic mass is 32.2. The molecule has 10 nitrogen and oxygen atoms in total. The number of thiocarbonyl (C=S) groups is 1. The average Bonchev–Trinajstić information content (AvgIpc) is 3.01. The van der Waals surface area contributed by atoms with Crippen LogP contribution in [-0.2, 0) is 4.79 Å². The third-order valence-corrected chi connectivity index (χ3v) is 5.31. The number of hydrogen-bond acceptors (Lipinski definition) is 8. The first-order chi connectivity index (χ1) is 14.8. The summed E-state index contributed by atoms with van der Waals surface area (Å²) in [6.07, 6.45) is 4.76. The van der Waals surface area contributed by atoms with Gasteiger partial charge in [-0.3, -0.25) is 35.2 Å². The van der Waals surface area contributed by atoms with Crippen LogP contribution in [0, 0.1) is 20.2 Å². The van der Waals surface area contributed by atoms with Gasteiger partial charge >= 0.3 is 0 Å². The fraction of sp³-hybridized carbons (Fsp3) is 0. The topological polar surface area (TPSA) is 136 Å². The standard InChI is InChI=1S/C19H12N4O6S2/c24-17(13-6-10-15(11-7-13)23(28)29)20-21-18(25)16(31-19(21)30)3-1-2-12-4-8-14(9-5-12)22(26)27/h1-11H,(H,20,24)/b2-1+,16-3+. The van der Waals surface area contributed by atoms with Crippen molar-refractivity contribution in [2.45, 2.75) is 0 Å². The number of allylic oxidation sites excluding steroid dienone is 2. The van der Waals surface area contributed by atoms with Crippen LogP contribution in [0.4, 0.5) is 11.4 Å². The number of amides is 2. The van der Waals surface area contributed by atoms with Gasteiger partial charge in [0.2, 0.25) is 0 Å². The van der Waals surface area contributed by atoms with Crippen LogP contribution in [0.2, 0.25) is 0 Å². The van der Waals surface area contributed by atoms with Gasteiger partial charge in [0.25, 0.3) is 23.2 Å². The SMILES string of the molecule is O=C(NN1C(=O)/C(=C\C=C\c2ccc([N+](=O)[O-])cc2)SC1=S)c1ccc([N+](=O)[O-])cc1. The fourth-order valence-electron chi connectivity index (χ4n) is 2.43. The molecule has 2 aromatic carbocycles. The maximum absolute atomic E-state index is 12.5. The zero-order valence-electron chi connectivity index (χ0n) is 15.5. The van der Waals surface area contributed by atoms with Gasteiger partial charge in [-0.25, -0.2) is 0 Å². The van der Waals surface area contributed by atoms with Crippen molar-refractivity contribution in [3.63, 3.8) is 0 Å². The van der Waals surface area contributed by atoms with E-state index in [2.05, 4.69) is 5.43 Å². The lowest BCUT2D eigenvalue weighted by molar-refractivity contribution is -0.385. The second kappa shape index (κ2) is 9.28. The number of nitrogens with zero attached hydrogens (tertiary/aromatic N) is 3. The Bertz CT molecular complexity index is 1140. The van der Waals surface area contributed by atoms with E-state index >= 15 is 0 Å². The van der Waals surface area contributed by atoms with Gasteiger partial charge in [-0.2, -0.15) is 5.01 Å². The van der Waals surface area contributed by atoms with Gasteiger partial charge in [0.15, 0.2) is 4.32 Å². The first kappa shape index (κ1) is 21.8. The van der Waals surface area contributed by atoms with E-state index in [-0.39, 0.29) is 26.2 Å². The van der Waals surface area contributed by atoms with Crippen molar-refractivity contribution in [1.82, 2.24) is 10.4 Å². The Balaban J connectivity index is 1.66. The van der Waals surface area contributed by atoms with Crippen LogP contribution in [-0.4, -0.2) is 31.0 Å². The number of hydrazine groups is 1. The number of carbonyl (C=O) groups excluding carboxylic acids is 2. The van der Waals surface area contributed by atoms with Gasteiger partial charge in [0.05, 0.1) is 14.8 Å². The van der Waals surface area contributed by atoms with Gasteiger partial charge in [0, 0.05) is 29.8 Å². The zero-order valence-corrected chi connectivity index (χ0v) is 17.1. The maximum Gasteiger partial charge on any atom is 0.285 e. The predicted octanol–water partition coefficient (Wildman–Crippen LogP) is 3.61. The van der Waals surface area contributed by atoms with Crippen LogP contribution in [0.25, 0.3) is 6.08 Å². The fourth-order valence-corrected chi connectivity index (χ4v) is 3.56. The molecular weight excluding hydrogens is 444 g/mol. The molecule has 1 fully saturated rings. The highest BCUT2D eigenvalue weighted by molar-refractivity contribution is 8.26. The van der Waals surface area contributed by atoms with E-state index in [0.29, 0.717) is 5.56 Å². The third kappa shape index (κ3) is 5.18. The van der Waals surface area contributed by atoms with Crippen molar-refractivity contribution in [1.29, 1.82) is 0 Å². The van der Waals surface area contributed by atoms with Crippen LogP contribution in [0.5, 0.6) is 0 Å². The maximum atomic E-state index is 12.5. The van der Waals surface area contributed by atoms with E-state index < -0.39 is 21.7 Å². The lowest BCUT2D eigenvalue weighted by Gasteiger charge is -2.15. The molecule has 31 heavy (non-hydrogen) atoms. The van der Waals surface area contributed by atoms with Crippen LogP contribution >= 0.6 is 24.0 Å². The molecule has 1 heterocycles. The number of carbonyl (C=O) groups is 2. The number of nitro benzene ring substituents is 2. The Hall–Kier alpha value is -3.90. The summed E-state index contributed by atoms with van der Waals surface area (Å²) in [4.78, 5) is 45.4. The van der Waals surface area contributed by atoms with Gasteiger partial charge in [-0.1, -0.05) is 23.9 Å². The van der Waals surface area contributed by atoms with Crippen LogP contribution in [0.1, 0.15) is 15.9 Å². The van der Waals surface area contributed by atoms with E-state index in [1.807, 2.05) is 0 Å². The van der Waals surface area contributed by atoms with E-state index in [1.54, 1.807) is 24.3 Å². The third-order valence-electron chi connectivity index (χ3n) is 3.99. The second-order valence-corrected chi connectivity index (χ2v) is 7.67. The monoisotopic (exact) mass is 456 g/mol. The summed E-state index contributed by atoms with van der Waals surface area (Å²) in [5, 5.41) is 22.3. The first-order valence-electron chi connectivity index (χ1n) is 8.51. The highest BCUT2D eigenvalue weighted by Gasteiger charge is 2.33. The number of thioether (sulfide) groups is 1. The zero-order chi connectivity index (χ0) is 22.5. The summed E-state index contributed by atoms with van der Waals surface area (Å²) in [6, 6.07) is 10.8.